The van der Waals surface area contributed by atoms with Crippen LogP contribution in [0.5, 0.6) is 0 Å². The number of aryl methyl sites for hydroxylation is 1. The average molecular weight is 250 g/mol. The molecule has 0 bridgehead atoms. The quantitative estimate of drug-likeness (QED) is 0.671. The van der Waals surface area contributed by atoms with Gasteiger partial charge in [-0.15, -0.1) is 0 Å². The van der Waals surface area contributed by atoms with Crippen molar-refractivity contribution in [2.24, 2.45) is 0 Å². The summed E-state index contributed by atoms with van der Waals surface area (Å²) in [7, 11) is 0. The summed E-state index contributed by atoms with van der Waals surface area (Å²) < 4.78 is 0. The molecular formula is C19H22. The molecule has 2 aromatic rings. The summed E-state index contributed by atoms with van der Waals surface area (Å²) in [6, 6.07) is 15.2. The van der Waals surface area contributed by atoms with Crippen molar-refractivity contribution in [3.63, 3.8) is 0 Å². The van der Waals surface area contributed by atoms with Gasteiger partial charge in [-0.25, -0.2) is 0 Å². The van der Waals surface area contributed by atoms with Gasteiger partial charge in [0, 0.05) is 0 Å². The zero-order valence-corrected chi connectivity index (χ0v) is 12.1. The normalized spacial score (nSPS) is 11.1. The molecule has 0 N–H and O–H groups in total. The predicted molar refractivity (Wildman–Crippen MR) is 85.3 cm³/mol. The molecule has 0 nitrogen and oxygen atoms in total. The van der Waals surface area contributed by atoms with E-state index in [0.717, 1.165) is 12.8 Å². The van der Waals surface area contributed by atoms with Crippen LogP contribution in [0.2, 0.25) is 0 Å². The number of hydrogen-bond donors (Lipinski definition) is 0. The molecule has 0 aliphatic rings. The van der Waals surface area contributed by atoms with Gasteiger partial charge < -0.3 is 0 Å². The first kappa shape index (κ1) is 13.6. The van der Waals surface area contributed by atoms with Gasteiger partial charge in [0.15, 0.2) is 0 Å². The topological polar surface area (TPSA) is 0 Å². The second-order valence-corrected chi connectivity index (χ2v) is 4.74. The fraction of sp³-hybridized carbons (Fsp3) is 0.263. The first-order valence-corrected chi connectivity index (χ1v) is 7.14. The Bertz CT molecular complexity index is 562. The van der Waals surface area contributed by atoms with Crippen molar-refractivity contribution >= 4 is 6.08 Å². The molecule has 0 spiro atoms. The lowest BCUT2D eigenvalue weighted by molar-refractivity contribution is 1.03. The van der Waals surface area contributed by atoms with Crippen molar-refractivity contribution in [2.75, 3.05) is 0 Å². The molecule has 19 heavy (non-hydrogen) atoms. The monoisotopic (exact) mass is 250 g/mol. The maximum atomic E-state index is 2.29. The third-order valence-electron chi connectivity index (χ3n) is 3.61. The molecule has 0 aliphatic carbocycles. The van der Waals surface area contributed by atoms with Crippen molar-refractivity contribution in [1.29, 1.82) is 0 Å². The Hall–Kier alpha value is -1.82. The highest BCUT2D eigenvalue weighted by Gasteiger charge is 2.10. The highest BCUT2D eigenvalue weighted by atomic mass is 14.1. The van der Waals surface area contributed by atoms with Gasteiger partial charge >= 0.3 is 0 Å². The first-order chi connectivity index (χ1) is 9.31. The van der Waals surface area contributed by atoms with E-state index in [0.29, 0.717) is 0 Å². The van der Waals surface area contributed by atoms with Crippen LogP contribution in [-0.4, -0.2) is 0 Å². The number of benzene rings is 2. The van der Waals surface area contributed by atoms with Gasteiger partial charge in [0.25, 0.3) is 0 Å². The highest BCUT2D eigenvalue weighted by molar-refractivity contribution is 5.78. The third kappa shape index (κ3) is 2.78. The number of rotatable bonds is 4. The second-order valence-electron chi connectivity index (χ2n) is 4.74. The van der Waals surface area contributed by atoms with Gasteiger partial charge in [0.1, 0.15) is 0 Å². The minimum Gasteiger partial charge on any atom is -0.0870 e. The van der Waals surface area contributed by atoms with Gasteiger partial charge in [-0.3, -0.25) is 0 Å². The SMILES string of the molecule is CC=Cc1c(-c2ccccc2)ccc(CC)c1CC. The molecule has 2 aromatic carbocycles. The van der Waals surface area contributed by atoms with E-state index < -0.39 is 0 Å². The molecule has 0 heterocycles. The Morgan fingerprint density at radius 3 is 2.21 bits per heavy atom. The van der Waals surface area contributed by atoms with Gasteiger partial charge in [-0.05, 0) is 47.6 Å². The molecule has 0 saturated carbocycles. The maximum Gasteiger partial charge on any atom is -0.0109 e. The summed E-state index contributed by atoms with van der Waals surface area (Å²) in [4.78, 5) is 0. The third-order valence-corrected chi connectivity index (χ3v) is 3.61. The van der Waals surface area contributed by atoms with Crippen LogP contribution in [0.25, 0.3) is 17.2 Å². The highest BCUT2D eigenvalue weighted by Crippen LogP contribution is 2.30. The van der Waals surface area contributed by atoms with E-state index in [1.165, 1.54) is 27.8 Å². The molecule has 0 amide bonds. The van der Waals surface area contributed by atoms with Crippen LogP contribution < -0.4 is 0 Å². The van der Waals surface area contributed by atoms with Gasteiger partial charge in [-0.2, -0.15) is 0 Å². The summed E-state index contributed by atoms with van der Waals surface area (Å²) in [5.74, 6) is 0. The number of hydrogen-bond acceptors (Lipinski definition) is 0. The summed E-state index contributed by atoms with van der Waals surface area (Å²) in [6.45, 7) is 6.57. The zero-order valence-electron chi connectivity index (χ0n) is 12.1. The fourth-order valence-electron chi connectivity index (χ4n) is 2.69. The summed E-state index contributed by atoms with van der Waals surface area (Å²) in [6.07, 6.45) is 6.58. The lowest BCUT2D eigenvalue weighted by Crippen LogP contribution is -1.97. The lowest BCUT2D eigenvalue weighted by atomic mass is 9.89. The Morgan fingerprint density at radius 2 is 1.63 bits per heavy atom. The van der Waals surface area contributed by atoms with Crippen LogP contribution in [0.15, 0.2) is 48.5 Å². The Kier molecular flexibility index (Phi) is 4.57. The van der Waals surface area contributed by atoms with Crippen LogP contribution >= 0.6 is 0 Å². The molecule has 98 valence electrons. The molecule has 2 rings (SSSR count). The van der Waals surface area contributed by atoms with Crippen molar-refractivity contribution in [2.45, 2.75) is 33.6 Å². The average Bonchev–Trinajstić information content (AvgIpc) is 2.48. The molecule has 0 radical (unpaired) electrons. The van der Waals surface area contributed by atoms with Crippen LogP contribution in [0.1, 0.15) is 37.5 Å². The molecule has 0 fully saturated rings. The van der Waals surface area contributed by atoms with Crippen molar-refractivity contribution in [1.82, 2.24) is 0 Å². The first-order valence-electron chi connectivity index (χ1n) is 7.14. The molecule has 0 saturated heterocycles. The van der Waals surface area contributed by atoms with Crippen molar-refractivity contribution < 1.29 is 0 Å². The Balaban J connectivity index is 2.68. The van der Waals surface area contributed by atoms with Crippen molar-refractivity contribution in [3.05, 3.63) is 65.2 Å². The maximum absolute atomic E-state index is 2.29. The van der Waals surface area contributed by atoms with E-state index in [9.17, 15) is 0 Å². The molecule has 0 heteroatoms. The molecule has 0 atom stereocenters. The van der Waals surface area contributed by atoms with E-state index in [-0.39, 0.29) is 0 Å². The summed E-state index contributed by atoms with van der Waals surface area (Å²) in [5, 5.41) is 0. The largest absolute Gasteiger partial charge is 0.0870 e. The van der Waals surface area contributed by atoms with Gasteiger partial charge in [0.05, 0.1) is 0 Å². The van der Waals surface area contributed by atoms with E-state index in [2.05, 4.69) is 75.4 Å². The minimum absolute atomic E-state index is 1.09. The van der Waals surface area contributed by atoms with E-state index in [1.807, 2.05) is 0 Å². The fourth-order valence-corrected chi connectivity index (χ4v) is 2.69. The Labute approximate surface area is 116 Å². The van der Waals surface area contributed by atoms with Crippen LogP contribution in [0.4, 0.5) is 0 Å². The smallest absolute Gasteiger partial charge is 0.0109 e. The van der Waals surface area contributed by atoms with Gasteiger partial charge in [0.2, 0.25) is 0 Å². The molecule has 0 aromatic heterocycles. The van der Waals surface area contributed by atoms with E-state index >= 15 is 0 Å². The zero-order chi connectivity index (χ0) is 13.7. The molecule has 0 aliphatic heterocycles. The standard InChI is InChI=1S/C19H22/c1-4-10-19-17(6-3)15(5-2)13-14-18(19)16-11-8-7-9-12-16/h4,7-14H,5-6H2,1-3H3. The second kappa shape index (κ2) is 6.38. The lowest BCUT2D eigenvalue weighted by Gasteiger charge is -2.15. The van der Waals surface area contributed by atoms with Crippen LogP contribution in [0, 0.1) is 0 Å². The summed E-state index contributed by atoms with van der Waals surface area (Å²) >= 11 is 0. The number of allylic oxidation sites excluding steroid dienone is 1. The Morgan fingerprint density at radius 1 is 0.895 bits per heavy atom. The summed E-state index contributed by atoms with van der Waals surface area (Å²) in [5.41, 5.74) is 6.98. The van der Waals surface area contributed by atoms with Crippen LogP contribution in [0.3, 0.4) is 0 Å². The van der Waals surface area contributed by atoms with Gasteiger partial charge in [-0.1, -0.05) is 68.5 Å². The van der Waals surface area contributed by atoms with Crippen LogP contribution in [-0.2, 0) is 12.8 Å². The van der Waals surface area contributed by atoms with E-state index in [1.54, 1.807) is 0 Å². The van der Waals surface area contributed by atoms with E-state index in [4.69, 9.17) is 0 Å². The minimum atomic E-state index is 1.09. The predicted octanol–water partition coefficient (Wildman–Crippen LogP) is 5.51. The van der Waals surface area contributed by atoms with Crippen molar-refractivity contribution in [3.8, 4) is 11.1 Å². The molecular weight excluding hydrogens is 228 g/mol. The molecule has 0 unspecified atom stereocenters.